The molecular formula is C9H7F7O. The SMILES string of the molecule is COC1=C(F)C2(F)CCC1(F)C(F)(F)C2(F)F. The number of methoxy groups -OCH3 is 1. The Morgan fingerprint density at radius 3 is 1.76 bits per heavy atom. The van der Waals surface area contributed by atoms with Crippen LogP contribution in [-0.2, 0) is 4.74 Å². The Morgan fingerprint density at radius 1 is 0.882 bits per heavy atom. The first kappa shape index (κ1) is 12.5. The predicted molar refractivity (Wildman–Crippen MR) is 41.9 cm³/mol. The van der Waals surface area contributed by atoms with E-state index in [1.54, 1.807) is 0 Å². The van der Waals surface area contributed by atoms with E-state index < -0.39 is 47.6 Å². The monoisotopic (exact) mass is 264 g/mol. The van der Waals surface area contributed by atoms with E-state index in [0.717, 1.165) is 0 Å². The highest BCUT2D eigenvalue weighted by Gasteiger charge is 2.87. The molecule has 0 amide bonds. The molecule has 0 aromatic heterocycles. The van der Waals surface area contributed by atoms with Gasteiger partial charge in [-0.1, -0.05) is 0 Å². The molecule has 3 aliphatic carbocycles. The molecule has 8 heteroatoms. The molecule has 0 radical (unpaired) electrons. The normalized spacial score (nSPS) is 42.8. The molecule has 3 rings (SSSR count). The van der Waals surface area contributed by atoms with E-state index in [-0.39, 0.29) is 0 Å². The van der Waals surface area contributed by atoms with Gasteiger partial charge in [-0.2, -0.15) is 17.6 Å². The number of halogens is 7. The molecule has 0 heterocycles. The largest absolute Gasteiger partial charge is 0.495 e. The molecule has 2 unspecified atom stereocenters. The van der Waals surface area contributed by atoms with Crippen LogP contribution in [0.3, 0.4) is 0 Å². The van der Waals surface area contributed by atoms with Crippen LogP contribution in [0.25, 0.3) is 0 Å². The maximum atomic E-state index is 13.9. The van der Waals surface area contributed by atoms with Crippen LogP contribution in [0.1, 0.15) is 12.8 Å². The lowest BCUT2D eigenvalue weighted by molar-refractivity contribution is -0.345. The van der Waals surface area contributed by atoms with Crippen LogP contribution < -0.4 is 0 Å². The summed E-state index contributed by atoms with van der Waals surface area (Å²) >= 11 is 0. The molecule has 17 heavy (non-hydrogen) atoms. The fourth-order valence-electron chi connectivity index (χ4n) is 2.27. The second-order valence-corrected chi connectivity index (χ2v) is 4.10. The predicted octanol–water partition coefficient (Wildman–Crippen LogP) is 3.31. The van der Waals surface area contributed by atoms with Gasteiger partial charge in [0.2, 0.25) is 11.3 Å². The molecule has 3 aliphatic rings. The Bertz CT molecular complexity index is 404. The van der Waals surface area contributed by atoms with Crippen LogP contribution in [0.15, 0.2) is 11.6 Å². The summed E-state index contributed by atoms with van der Waals surface area (Å²) in [5.41, 5.74) is -8.22. The fraction of sp³-hybridized carbons (Fsp3) is 0.778. The van der Waals surface area contributed by atoms with E-state index in [4.69, 9.17) is 0 Å². The van der Waals surface area contributed by atoms with Crippen molar-refractivity contribution in [2.45, 2.75) is 36.0 Å². The fourth-order valence-corrected chi connectivity index (χ4v) is 2.27. The number of alkyl halides is 6. The van der Waals surface area contributed by atoms with Gasteiger partial charge in [0.05, 0.1) is 7.11 Å². The molecule has 0 aromatic carbocycles. The van der Waals surface area contributed by atoms with Gasteiger partial charge in [-0.15, -0.1) is 0 Å². The van der Waals surface area contributed by atoms with Crippen LogP contribution in [0.4, 0.5) is 30.7 Å². The number of ether oxygens (including phenoxy) is 1. The van der Waals surface area contributed by atoms with Gasteiger partial charge < -0.3 is 4.74 Å². The Hall–Kier alpha value is -0.950. The van der Waals surface area contributed by atoms with E-state index in [0.29, 0.717) is 7.11 Å². The van der Waals surface area contributed by atoms with Crippen LogP contribution in [0.5, 0.6) is 0 Å². The van der Waals surface area contributed by atoms with E-state index in [9.17, 15) is 30.7 Å². The van der Waals surface area contributed by atoms with Gasteiger partial charge in [-0.05, 0) is 12.8 Å². The zero-order chi connectivity index (χ0) is 13.3. The molecule has 2 bridgehead atoms. The average Bonchev–Trinajstić information content (AvgIpc) is 2.22. The molecule has 0 aromatic rings. The zero-order valence-corrected chi connectivity index (χ0v) is 8.47. The van der Waals surface area contributed by atoms with Crippen molar-refractivity contribution < 1.29 is 35.5 Å². The summed E-state index contributed by atoms with van der Waals surface area (Å²) in [6.45, 7) is 0. The van der Waals surface area contributed by atoms with Crippen molar-refractivity contribution in [2.24, 2.45) is 0 Å². The van der Waals surface area contributed by atoms with Crippen molar-refractivity contribution in [1.82, 2.24) is 0 Å². The Labute approximate surface area is 91.2 Å². The Morgan fingerprint density at radius 2 is 1.29 bits per heavy atom. The summed E-state index contributed by atoms with van der Waals surface area (Å²) in [5.74, 6) is -14.8. The molecule has 98 valence electrons. The van der Waals surface area contributed by atoms with Gasteiger partial charge in [0, 0.05) is 0 Å². The number of rotatable bonds is 1. The van der Waals surface area contributed by atoms with Crippen molar-refractivity contribution in [2.75, 3.05) is 7.11 Å². The maximum absolute atomic E-state index is 13.9. The Kier molecular flexibility index (Phi) is 2.13. The first-order chi connectivity index (χ1) is 7.56. The van der Waals surface area contributed by atoms with Gasteiger partial charge in [0.15, 0.2) is 11.6 Å². The van der Waals surface area contributed by atoms with Crippen molar-refractivity contribution >= 4 is 0 Å². The third kappa shape index (κ3) is 0.983. The summed E-state index contributed by atoms with van der Waals surface area (Å²) in [7, 11) is 0.620. The van der Waals surface area contributed by atoms with E-state index >= 15 is 0 Å². The highest BCUT2D eigenvalue weighted by atomic mass is 19.3. The lowest BCUT2D eigenvalue weighted by atomic mass is 9.65. The minimum Gasteiger partial charge on any atom is -0.495 e. The third-order valence-corrected chi connectivity index (χ3v) is 3.31. The standard InChI is InChI=1S/C9H7F7O/c1-17-5-4(10)6(11)2-3-7(5,12)9(15,16)8(6,13)14/h2-3H2,1H3. The van der Waals surface area contributed by atoms with Crippen molar-refractivity contribution in [3.63, 3.8) is 0 Å². The third-order valence-electron chi connectivity index (χ3n) is 3.31. The average molecular weight is 264 g/mol. The van der Waals surface area contributed by atoms with E-state index in [1.165, 1.54) is 0 Å². The van der Waals surface area contributed by atoms with Gasteiger partial charge in [-0.25, -0.2) is 13.2 Å². The van der Waals surface area contributed by atoms with E-state index in [2.05, 4.69) is 4.74 Å². The number of fused-ring (bicyclic) bond motifs is 2. The topological polar surface area (TPSA) is 9.23 Å². The minimum absolute atomic E-state index is 0.620. The summed E-state index contributed by atoms with van der Waals surface area (Å²) in [4.78, 5) is 0. The lowest BCUT2D eigenvalue weighted by Crippen LogP contribution is -2.73. The zero-order valence-electron chi connectivity index (χ0n) is 8.47. The highest BCUT2D eigenvalue weighted by molar-refractivity contribution is 5.40. The minimum atomic E-state index is -5.45. The molecule has 1 fully saturated rings. The van der Waals surface area contributed by atoms with Crippen molar-refractivity contribution in [1.29, 1.82) is 0 Å². The molecule has 0 N–H and O–H groups in total. The number of hydrogen-bond donors (Lipinski definition) is 0. The van der Waals surface area contributed by atoms with E-state index in [1.807, 2.05) is 0 Å². The second-order valence-electron chi connectivity index (χ2n) is 4.10. The van der Waals surface area contributed by atoms with Gasteiger partial charge in [-0.3, -0.25) is 0 Å². The van der Waals surface area contributed by atoms with Gasteiger partial charge in [0.1, 0.15) is 0 Å². The molecule has 1 nitrogen and oxygen atoms in total. The second kappa shape index (κ2) is 2.89. The molecule has 2 atom stereocenters. The van der Waals surface area contributed by atoms with Gasteiger partial charge in [0.25, 0.3) is 0 Å². The first-order valence-electron chi connectivity index (χ1n) is 4.64. The quantitative estimate of drug-likeness (QED) is 0.660. The van der Waals surface area contributed by atoms with Gasteiger partial charge >= 0.3 is 11.8 Å². The molecule has 1 saturated carbocycles. The molecule has 0 spiro atoms. The molecule has 0 aliphatic heterocycles. The first-order valence-corrected chi connectivity index (χ1v) is 4.64. The lowest BCUT2D eigenvalue weighted by Gasteiger charge is -2.52. The molecular weight excluding hydrogens is 257 g/mol. The highest BCUT2D eigenvalue weighted by Crippen LogP contribution is 2.67. The van der Waals surface area contributed by atoms with Crippen LogP contribution in [0, 0.1) is 0 Å². The Balaban J connectivity index is 2.78. The van der Waals surface area contributed by atoms with Crippen LogP contribution in [-0.4, -0.2) is 30.3 Å². The van der Waals surface area contributed by atoms with Crippen molar-refractivity contribution in [3.8, 4) is 0 Å². The number of allylic oxidation sites excluding steroid dienone is 2. The smallest absolute Gasteiger partial charge is 0.354 e. The summed E-state index contributed by atoms with van der Waals surface area (Å²) in [5, 5.41) is 0. The maximum Gasteiger partial charge on any atom is 0.354 e. The summed E-state index contributed by atoms with van der Waals surface area (Å²) in [6, 6.07) is 0. The summed E-state index contributed by atoms with van der Waals surface area (Å²) < 4.78 is 97.8. The summed E-state index contributed by atoms with van der Waals surface area (Å²) in [6.07, 6.45) is -2.62. The number of hydrogen-bond acceptors (Lipinski definition) is 1. The van der Waals surface area contributed by atoms with Crippen LogP contribution >= 0.6 is 0 Å². The molecule has 0 saturated heterocycles. The van der Waals surface area contributed by atoms with Crippen LogP contribution in [0.2, 0.25) is 0 Å². The van der Waals surface area contributed by atoms with Crippen molar-refractivity contribution in [3.05, 3.63) is 11.6 Å².